The van der Waals surface area contributed by atoms with E-state index in [4.69, 9.17) is 11.0 Å². The highest BCUT2D eigenvalue weighted by Gasteiger charge is 2.12. The number of nitriles is 1. The van der Waals surface area contributed by atoms with Crippen LogP contribution in [0.4, 0.5) is 5.82 Å². The van der Waals surface area contributed by atoms with E-state index in [-0.39, 0.29) is 6.04 Å². The fourth-order valence-electron chi connectivity index (χ4n) is 2.17. The quantitative estimate of drug-likeness (QED) is 0.923. The molecule has 20 heavy (non-hydrogen) atoms. The molecule has 0 aliphatic carbocycles. The molecule has 0 fully saturated rings. The van der Waals surface area contributed by atoms with Crippen molar-refractivity contribution in [1.29, 1.82) is 5.26 Å². The third-order valence-electron chi connectivity index (χ3n) is 3.14. The fraction of sp³-hybridized carbons (Fsp3) is 0.250. The molecule has 1 atom stereocenters. The van der Waals surface area contributed by atoms with Crippen molar-refractivity contribution < 1.29 is 0 Å². The second-order valence-corrected chi connectivity index (χ2v) is 4.87. The molecule has 0 saturated heterocycles. The summed E-state index contributed by atoms with van der Waals surface area (Å²) in [6.45, 7) is 2.64. The van der Waals surface area contributed by atoms with Crippen LogP contribution in [0, 0.1) is 11.3 Å². The number of nitrogens with zero attached hydrogens (tertiary/aromatic N) is 3. The molecular weight excluding hydrogens is 248 g/mol. The van der Waals surface area contributed by atoms with E-state index in [1.807, 2.05) is 44.3 Å². The monoisotopic (exact) mass is 266 g/mol. The summed E-state index contributed by atoms with van der Waals surface area (Å²) in [7, 11) is 1.98. The van der Waals surface area contributed by atoms with Crippen LogP contribution in [-0.4, -0.2) is 12.0 Å². The van der Waals surface area contributed by atoms with Crippen LogP contribution < -0.4 is 10.6 Å². The molecule has 1 aromatic carbocycles. The van der Waals surface area contributed by atoms with Crippen LogP contribution in [0.25, 0.3) is 0 Å². The van der Waals surface area contributed by atoms with Crippen LogP contribution in [-0.2, 0) is 6.54 Å². The molecule has 102 valence electrons. The summed E-state index contributed by atoms with van der Waals surface area (Å²) in [5.41, 5.74) is 8.75. The number of aromatic nitrogens is 1. The maximum absolute atomic E-state index is 8.94. The van der Waals surface area contributed by atoms with Crippen molar-refractivity contribution in [2.24, 2.45) is 5.73 Å². The van der Waals surface area contributed by atoms with Crippen LogP contribution in [0.1, 0.15) is 29.7 Å². The fourth-order valence-corrected chi connectivity index (χ4v) is 2.17. The predicted octanol–water partition coefficient (Wildman–Crippen LogP) is 2.61. The van der Waals surface area contributed by atoms with E-state index in [0.717, 1.165) is 16.9 Å². The molecular formula is C16H18N4. The molecule has 0 unspecified atom stereocenters. The zero-order valence-electron chi connectivity index (χ0n) is 11.7. The molecule has 0 spiro atoms. The average molecular weight is 266 g/mol. The lowest BCUT2D eigenvalue weighted by molar-refractivity contribution is 0.788. The van der Waals surface area contributed by atoms with E-state index in [0.29, 0.717) is 12.1 Å². The Bertz CT molecular complexity index is 628. The number of pyridine rings is 1. The Morgan fingerprint density at radius 1 is 1.35 bits per heavy atom. The lowest BCUT2D eigenvalue weighted by Crippen LogP contribution is -2.21. The van der Waals surface area contributed by atoms with Crippen molar-refractivity contribution in [3.05, 3.63) is 59.3 Å². The Balaban J connectivity index is 2.24. The van der Waals surface area contributed by atoms with Gasteiger partial charge >= 0.3 is 0 Å². The molecule has 0 aliphatic heterocycles. The summed E-state index contributed by atoms with van der Waals surface area (Å²) in [5.74, 6) is 0.880. The Morgan fingerprint density at radius 2 is 2.15 bits per heavy atom. The SMILES string of the molecule is C[C@H](N)c1cccnc1N(C)Cc1cccc(C#N)c1. The first kappa shape index (κ1) is 14.0. The zero-order chi connectivity index (χ0) is 14.5. The molecule has 2 rings (SSSR count). The molecule has 2 N–H and O–H groups in total. The van der Waals surface area contributed by atoms with E-state index in [2.05, 4.69) is 16.0 Å². The second-order valence-electron chi connectivity index (χ2n) is 4.87. The first-order valence-electron chi connectivity index (χ1n) is 6.52. The first-order valence-corrected chi connectivity index (χ1v) is 6.52. The largest absolute Gasteiger partial charge is 0.355 e. The van der Waals surface area contributed by atoms with Gasteiger partial charge in [-0.1, -0.05) is 18.2 Å². The summed E-state index contributed by atoms with van der Waals surface area (Å²) in [6.07, 6.45) is 1.77. The predicted molar refractivity (Wildman–Crippen MR) is 80.1 cm³/mol. The molecule has 0 amide bonds. The maximum atomic E-state index is 8.94. The summed E-state index contributed by atoms with van der Waals surface area (Å²) in [5, 5.41) is 8.94. The first-order chi connectivity index (χ1) is 9.61. The van der Waals surface area contributed by atoms with Gasteiger partial charge in [0.05, 0.1) is 11.6 Å². The number of rotatable bonds is 4. The molecule has 0 aliphatic rings. The molecule has 1 aromatic heterocycles. The molecule has 4 heteroatoms. The van der Waals surface area contributed by atoms with Crippen molar-refractivity contribution >= 4 is 5.82 Å². The summed E-state index contributed by atoms with van der Waals surface area (Å²) >= 11 is 0. The van der Waals surface area contributed by atoms with Gasteiger partial charge in [0.25, 0.3) is 0 Å². The molecule has 0 bridgehead atoms. The van der Waals surface area contributed by atoms with Crippen LogP contribution in [0.3, 0.4) is 0 Å². The van der Waals surface area contributed by atoms with Crippen molar-refractivity contribution in [3.63, 3.8) is 0 Å². The third-order valence-corrected chi connectivity index (χ3v) is 3.14. The van der Waals surface area contributed by atoms with Gasteiger partial charge in [0.1, 0.15) is 5.82 Å². The van der Waals surface area contributed by atoms with Gasteiger partial charge in [0.2, 0.25) is 0 Å². The number of nitrogens with two attached hydrogens (primary N) is 1. The summed E-state index contributed by atoms with van der Waals surface area (Å²) in [4.78, 5) is 6.47. The van der Waals surface area contributed by atoms with Gasteiger partial charge in [-0.05, 0) is 30.7 Å². The van der Waals surface area contributed by atoms with Crippen molar-refractivity contribution in [2.75, 3.05) is 11.9 Å². The van der Waals surface area contributed by atoms with E-state index < -0.39 is 0 Å². The third kappa shape index (κ3) is 3.14. The molecule has 0 saturated carbocycles. The standard InChI is InChI=1S/C16H18N4/c1-12(18)15-7-4-8-19-16(15)20(2)11-14-6-3-5-13(9-14)10-17/h3-9,12H,11,18H2,1-2H3/t12-/m0/s1. The van der Waals surface area contributed by atoms with Crippen LogP contribution in [0.5, 0.6) is 0 Å². The molecule has 4 nitrogen and oxygen atoms in total. The Morgan fingerprint density at radius 3 is 2.85 bits per heavy atom. The molecule has 1 heterocycles. The Kier molecular flexibility index (Phi) is 4.34. The highest BCUT2D eigenvalue weighted by atomic mass is 15.2. The number of hydrogen-bond donors (Lipinski definition) is 1. The van der Waals surface area contributed by atoms with E-state index in [9.17, 15) is 0 Å². The molecule has 0 radical (unpaired) electrons. The van der Waals surface area contributed by atoms with Gasteiger partial charge in [-0.2, -0.15) is 5.26 Å². The van der Waals surface area contributed by atoms with Crippen molar-refractivity contribution in [2.45, 2.75) is 19.5 Å². The average Bonchev–Trinajstić information content (AvgIpc) is 2.47. The van der Waals surface area contributed by atoms with E-state index >= 15 is 0 Å². The van der Waals surface area contributed by atoms with E-state index in [1.165, 1.54) is 0 Å². The Labute approximate surface area is 119 Å². The van der Waals surface area contributed by atoms with Crippen molar-refractivity contribution in [3.8, 4) is 6.07 Å². The minimum absolute atomic E-state index is 0.0633. The van der Waals surface area contributed by atoms with Crippen LogP contribution in [0.2, 0.25) is 0 Å². The normalized spacial score (nSPS) is 11.7. The zero-order valence-corrected chi connectivity index (χ0v) is 11.7. The van der Waals surface area contributed by atoms with Gasteiger partial charge < -0.3 is 10.6 Å². The smallest absolute Gasteiger partial charge is 0.133 e. The van der Waals surface area contributed by atoms with Crippen LogP contribution >= 0.6 is 0 Å². The minimum atomic E-state index is -0.0633. The second kappa shape index (κ2) is 6.18. The van der Waals surface area contributed by atoms with Crippen LogP contribution in [0.15, 0.2) is 42.6 Å². The Hall–Kier alpha value is -2.38. The lowest BCUT2D eigenvalue weighted by atomic mass is 10.1. The van der Waals surface area contributed by atoms with Gasteiger partial charge in [-0.3, -0.25) is 0 Å². The van der Waals surface area contributed by atoms with Gasteiger partial charge in [-0.15, -0.1) is 0 Å². The highest BCUT2D eigenvalue weighted by Crippen LogP contribution is 2.22. The topological polar surface area (TPSA) is 65.9 Å². The maximum Gasteiger partial charge on any atom is 0.133 e. The van der Waals surface area contributed by atoms with E-state index in [1.54, 1.807) is 12.3 Å². The van der Waals surface area contributed by atoms with Gasteiger partial charge in [0.15, 0.2) is 0 Å². The number of hydrogen-bond acceptors (Lipinski definition) is 4. The number of benzene rings is 1. The summed E-state index contributed by atoms with van der Waals surface area (Å²) in [6, 6.07) is 13.6. The summed E-state index contributed by atoms with van der Waals surface area (Å²) < 4.78 is 0. The van der Waals surface area contributed by atoms with Gasteiger partial charge in [-0.25, -0.2) is 4.98 Å². The highest BCUT2D eigenvalue weighted by molar-refractivity contribution is 5.48. The lowest BCUT2D eigenvalue weighted by Gasteiger charge is -2.22. The molecule has 2 aromatic rings. The minimum Gasteiger partial charge on any atom is -0.355 e. The van der Waals surface area contributed by atoms with Crippen molar-refractivity contribution in [1.82, 2.24) is 4.98 Å². The van der Waals surface area contributed by atoms with Gasteiger partial charge in [0, 0.05) is 31.4 Å². The number of anilines is 1.